The van der Waals surface area contributed by atoms with Gasteiger partial charge in [0.25, 0.3) is 0 Å². The molecule has 7 nitrogen and oxygen atoms in total. The molecule has 0 saturated carbocycles. The van der Waals surface area contributed by atoms with Crippen LogP contribution in [0.1, 0.15) is 49.2 Å². The maximum absolute atomic E-state index is 13.7. The summed E-state index contributed by atoms with van der Waals surface area (Å²) in [5.41, 5.74) is 3.51. The molecule has 4 aromatic rings. The Kier molecular flexibility index (Phi) is 7.93. The number of rotatable bonds is 7. The van der Waals surface area contributed by atoms with Crippen molar-refractivity contribution in [1.82, 2.24) is 19.9 Å². The van der Waals surface area contributed by atoms with E-state index in [-0.39, 0.29) is 23.9 Å². The smallest absolute Gasteiger partial charge is 0.409 e. The van der Waals surface area contributed by atoms with Crippen molar-refractivity contribution in [3.8, 4) is 21.8 Å². The van der Waals surface area contributed by atoms with Gasteiger partial charge in [0.1, 0.15) is 5.82 Å². The highest BCUT2D eigenvalue weighted by atomic mass is 32.1. The highest BCUT2D eigenvalue weighted by Gasteiger charge is 2.28. The van der Waals surface area contributed by atoms with E-state index in [9.17, 15) is 9.18 Å². The number of halogens is 1. The van der Waals surface area contributed by atoms with E-state index in [0.717, 1.165) is 45.2 Å². The van der Waals surface area contributed by atoms with Gasteiger partial charge in [-0.25, -0.2) is 24.1 Å². The highest BCUT2D eigenvalue weighted by Crippen LogP contribution is 2.41. The molecule has 0 spiro atoms. The van der Waals surface area contributed by atoms with E-state index >= 15 is 0 Å². The number of aromatic nitrogens is 3. The Morgan fingerprint density at radius 3 is 2.55 bits per heavy atom. The van der Waals surface area contributed by atoms with E-state index in [1.165, 1.54) is 12.1 Å². The van der Waals surface area contributed by atoms with E-state index in [1.807, 2.05) is 31.2 Å². The highest BCUT2D eigenvalue weighted by molar-refractivity contribution is 7.15. The lowest BCUT2D eigenvalue weighted by Crippen LogP contribution is -2.38. The van der Waals surface area contributed by atoms with Gasteiger partial charge < -0.3 is 15.0 Å². The zero-order valence-electron chi connectivity index (χ0n) is 21.4. The summed E-state index contributed by atoms with van der Waals surface area (Å²) in [6, 6.07) is 18.5. The number of nitrogens with one attached hydrogen (secondary N) is 1. The topological polar surface area (TPSA) is 80.2 Å². The third kappa shape index (κ3) is 5.83. The lowest BCUT2D eigenvalue weighted by molar-refractivity contribution is 0.0970. The van der Waals surface area contributed by atoms with Crippen molar-refractivity contribution in [2.45, 2.75) is 38.6 Å². The molecule has 1 aliphatic rings. The van der Waals surface area contributed by atoms with Gasteiger partial charge >= 0.3 is 6.09 Å². The molecule has 1 saturated heterocycles. The number of anilines is 1. The molecule has 2 aromatic heterocycles. The molecular weight excluding hydrogens is 501 g/mol. The largest absolute Gasteiger partial charge is 0.450 e. The van der Waals surface area contributed by atoms with E-state index < -0.39 is 0 Å². The van der Waals surface area contributed by atoms with Gasteiger partial charge in [0, 0.05) is 30.8 Å². The molecular formula is C29H30FN5O2S. The van der Waals surface area contributed by atoms with E-state index in [0.29, 0.717) is 25.6 Å². The Bertz CT molecular complexity index is 1370. The predicted octanol–water partition coefficient (Wildman–Crippen LogP) is 6.92. The molecule has 38 heavy (non-hydrogen) atoms. The number of carbonyl (C=O) groups excluding carboxylic acids is 1. The summed E-state index contributed by atoms with van der Waals surface area (Å²) in [7, 11) is 0. The molecule has 1 N–H and O–H groups in total. The number of nitrogens with zero attached hydrogens (tertiary/aromatic N) is 4. The number of thiazole rings is 1. The first kappa shape index (κ1) is 25.8. The third-order valence-electron chi connectivity index (χ3n) is 6.66. The quantitative estimate of drug-likeness (QED) is 0.279. The Hall–Kier alpha value is -3.85. The SMILES string of the molecule is CCOC(=O)N1CCC(c2nc(-c3ccc(F)cc3)c(-c3ccnc(NC(C)c4ccccc4)n3)s2)CC1. The van der Waals surface area contributed by atoms with Crippen LogP contribution in [0, 0.1) is 5.82 Å². The average Bonchev–Trinajstić information content (AvgIpc) is 3.40. The minimum absolute atomic E-state index is 0.0321. The van der Waals surface area contributed by atoms with Crippen LogP contribution < -0.4 is 5.32 Å². The van der Waals surface area contributed by atoms with Gasteiger partial charge in [0.2, 0.25) is 5.95 Å². The second-order valence-electron chi connectivity index (χ2n) is 9.24. The van der Waals surface area contributed by atoms with Gasteiger partial charge in [-0.2, -0.15) is 0 Å². The van der Waals surface area contributed by atoms with Gasteiger partial charge in [-0.05, 0) is 62.6 Å². The minimum Gasteiger partial charge on any atom is -0.450 e. The van der Waals surface area contributed by atoms with E-state index in [4.69, 9.17) is 14.7 Å². The standard InChI is InChI=1S/C29H30FN5O2S/c1-3-37-29(36)35-17-14-22(15-18-35)27-34-25(21-9-11-23(30)12-10-21)26(38-27)24-13-16-31-28(33-24)32-19(2)20-7-5-4-6-8-20/h4-13,16,19,22H,3,14-15,17-18H2,1-2H3,(H,31,32,33). The summed E-state index contributed by atoms with van der Waals surface area (Å²) in [4.78, 5) is 29.1. The second-order valence-corrected chi connectivity index (χ2v) is 10.3. The molecule has 0 aliphatic carbocycles. The minimum atomic E-state index is -0.291. The van der Waals surface area contributed by atoms with Crippen molar-refractivity contribution in [3.63, 3.8) is 0 Å². The summed E-state index contributed by atoms with van der Waals surface area (Å²) in [5.74, 6) is 0.457. The molecule has 196 valence electrons. The molecule has 0 radical (unpaired) electrons. The average molecular weight is 532 g/mol. The summed E-state index contributed by atoms with van der Waals surface area (Å²) in [6.45, 7) is 5.51. The Labute approximate surface area is 225 Å². The maximum Gasteiger partial charge on any atom is 0.409 e. The summed E-state index contributed by atoms with van der Waals surface area (Å²) in [6.07, 6.45) is 3.09. The first-order valence-corrected chi connectivity index (χ1v) is 13.7. The first-order valence-electron chi connectivity index (χ1n) is 12.8. The van der Waals surface area contributed by atoms with Crippen LogP contribution in [0.4, 0.5) is 15.1 Å². The number of benzene rings is 2. The zero-order valence-corrected chi connectivity index (χ0v) is 22.2. The molecule has 1 amide bonds. The number of piperidine rings is 1. The van der Waals surface area contributed by atoms with Gasteiger partial charge in [-0.3, -0.25) is 0 Å². The van der Waals surface area contributed by atoms with Gasteiger partial charge in [-0.1, -0.05) is 30.3 Å². The first-order chi connectivity index (χ1) is 18.5. The number of amides is 1. The molecule has 5 rings (SSSR count). The number of hydrogen-bond donors (Lipinski definition) is 1. The summed E-state index contributed by atoms with van der Waals surface area (Å²) < 4.78 is 18.9. The van der Waals surface area contributed by atoms with Crippen molar-refractivity contribution < 1.29 is 13.9 Å². The Morgan fingerprint density at radius 1 is 1.11 bits per heavy atom. The second kappa shape index (κ2) is 11.7. The Morgan fingerprint density at radius 2 is 1.84 bits per heavy atom. The van der Waals surface area contributed by atoms with Crippen molar-refractivity contribution in [1.29, 1.82) is 0 Å². The van der Waals surface area contributed by atoms with E-state index in [2.05, 4.69) is 29.4 Å². The molecule has 0 bridgehead atoms. The molecule has 9 heteroatoms. The fourth-order valence-corrected chi connectivity index (χ4v) is 5.81. The fourth-order valence-electron chi connectivity index (χ4n) is 4.59. The molecule has 2 aromatic carbocycles. The number of carbonyl (C=O) groups is 1. The summed E-state index contributed by atoms with van der Waals surface area (Å²) >= 11 is 1.60. The van der Waals surface area contributed by atoms with Gasteiger partial charge in [-0.15, -0.1) is 11.3 Å². The fraction of sp³-hybridized carbons (Fsp3) is 0.310. The van der Waals surface area contributed by atoms with Crippen LogP contribution in [-0.2, 0) is 4.74 Å². The van der Waals surface area contributed by atoms with E-state index in [1.54, 1.807) is 34.6 Å². The van der Waals surface area contributed by atoms with Crippen LogP contribution in [0.15, 0.2) is 66.9 Å². The third-order valence-corrected chi connectivity index (χ3v) is 7.91. The van der Waals surface area contributed by atoms with Gasteiger partial charge in [0.15, 0.2) is 0 Å². The normalized spacial score (nSPS) is 14.8. The molecule has 1 unspecified atom stereocenters. The van der Waals surface area contributed by atoms with Crippen molar-refractivity contribution >= 4 is 23.4 Å². The zero-order chi connectivity index (χ0) is 26.5. The maximum atomic E-state index is 13.7. The predicted molar refractivity (Wildman–Crippen MR) is 148 cm³/mol. The number of likely N-dealkylation sites (tertiary alicyclic amines) is 1. The summed E-state index contributed by atoms with van der Waals surface area (Å²) in [5, 5.41) is 4.39. The number of ether oxygens (including phenoxy) is 1. The van der Waals surface area contributed by atoms with Crippen LogP contribution in [0.3, 0.4) is 0 Å². The van der Waals surface area contributed by atoms with Crippen LogP contribution in [0.5, 0.6) is 0 Å². The van der Waals surface area contributed by atoms with Crippen molar-refractivity contribution in [2.75, 3.05) is 25.0 Å². The van der Waals surface area contributed by atoms with Crippen molar-refractivity contribution in [2.24, 2.45) is 0 Å². The van der Waals surface area contributed by atoms with Crippen LogP contribution >= 0.6 is 11.3 Å². The van der Waals surface area contributed by atoms with Gasteiger partial charge in [0.05, 0.1) is 33.9 Å². The molecule has 1 atom stereocenters. The Balaban J connectivity index is 1.43. The number of hydrogen-bond acceptors (Lipinski definition) is 7. The monoisotopic (exact) mass is 531 g/mol. The molecule has 1 fully saturated rings. The van der Waals surface area contributed by atoms with Crippen LogP contribution in [0.2, 0.25) is 0 Å². The molecule has 1 aliphatic heterocycles. The lowest BCUT2D eigenvalue weighted by atomic mass is 9.98. The lowest BCUT2D eigenvalue weighted by Gasteiger charge is -2.30. The van der Waals surface area contributed by atoms with Crippen molar-refractivity contribution in [3.05, 3.63) is 83.2 Å². The van der Waals surface area contributed by atoms with Crippen LogP contribution in [0.25, 0.3) is 21.8 Å². The molecule has 3 heterocycles. The van der Waals surface area contributed by atoms with Crippen LogP contribution in [-0.4, -0.2) is 45.6 Å².